The highest BCUT2D eigenvalue weighted by Crippen LogP contribution is 2.48. The molecule has 2 bridgehead atoms. The van der Waals surface area contributed by atoms with Gasteiger partial charge in [0.1, 0.15) is 6.04 Å². The molecule has 5 heteroatoms. The van der Waals surface area contributed by atoms with E-state index in [9.17, 15) is 15.0 Å². The van der Waals surface area contributed by atoms with Crippen LogP contribution in [0.2, 0.25) is 0 Å². The molecule has 3 rings (SSSR count). The van der Waals surface area contributed by atoms with Crippen molar-refractivity contribution in [2.45, 2.75) is 48.8 Å². The number of hydrogen-bond donors (Lipinski definition) is 2. The van der Waals surface area contributed by atoms with Crippen LogP contribution in [0.25, 0.3) is 0 Å². The predicted octanol–water partition coefficient (Wildman–Crippen LogP) is 2.42. The molecule has 4 nitrogen and oxygen atoms in total. The summed E-state index contributed by atoms with van der Waals surface area (Å²) in [6, 6.07) is 9.21. The van der Waals surface area contributed by atoms with Crippen LogP contribution in [0.5, 0.6) is 0 Å². The first-order valence-corrected chi connectivity index (χ1v) is 8.31. The van der Waals surface area contributed by atoms with E-state index < -0.39 is 18.1 Å². The third-order valence-corrected chi connectivity index (χ3v) is 6.20. The Bertz CT molecular complexity index is 524. The minimum absolute atomic E-state index is 0.0323. The average molecular weight is 354 g/mol. The topological polar surface area (TPSA) is 60.8 Å². The molecule has 21 heavy (non-hydrogen) atoms. The fraction of sp³-hybridized carbons (Fsp3) is 0.562. The van der Waals surface area contributed by atoms with Crippen molar-refractivity contribution in [3.05, 3.63) is 35.9 Å². The number of benzene rings is 1. The molecular formula is C16H20BrNO3. The SMILES string of the molecule is C[C@H](c1ccccc1)N1[C@@H]2[C@@H](Br)[C@@H](CC[C@H]2O)[C@H]1C(=O)O. The number of alkyl halides is 1. The van der Waals surface area contributed by atoms with Crippen LogP contribution in [0.1, 0.15) is 31.4 Å². The summed E-state index contributed by atoms with van der Waals surface area (Å²) in [4.78, 5) is 13.8. The van der Waals surface area contributed by atoms with E-state index >= 15 is 0 Å². The summed E-state index contributed by atoms with van der Waals surface area (Å²) < 4.78 is 0. The zero-order chi connectivity index (χ0) is 15.1. The standard InChI is InChI=1S/C16H20BrNO3/c1-9(10-5-3-2-4-6-10)18-14(16(20)21)11-7-8-12(19)15(18)13(11)17/h2-6,9,11-15,19H,7-8H2,1H3,(H,20,21)/t9-,11-,12-,13+,14+,15+/m1/s1. The number of carboxylic acid groups (broad SMARTS) is 1. The first kappa shape index (κ1) is 15.0. The van der Waals surface area contributed by atoms with Crippen LogP contribution < -0.4 is 0 Å². The number of aliphatic hydroxyl groups excluding tert-OH is 1. The van der Waals surface area contributed by atoms with Crippen LogP contribution in [0.3, 0.4) is 0 Å². The lowest BCUT2D eigenvalue weighted by Gasteiger charge is -2.36. The molecule has 1 heterocycles. The van der Waals surface area contributed by atoms with Gasteiger partial charge in [-0.25, -0.2) is 0 Å². The Labute approximate surface area is 132 Å². The number of rotatable bonds is 3. The third kappa shape index (κ3) is 2.41. The van der Waals surface area contributed by atoms with Gasteiger partial charge in [-0.15, -0.1) is 0 Å². The molecule has 6 atom stereocenters. The maximum atomic E-state index is 11.8. The molecule has 1 saturated heterocycles. The molecule has 0 aromatic heterocycles. The first-order valence-electron chi connectivity index (χ1n) is 7.39. The summed E-state index contributed by atoms with van der Waals surface area (Å²) in [7, 11) is 0. The molecule has 2 aliphatic rings. The minimum Gasteiger partial charge on any atom is -0.480 e. The second kappa shape index (κ2) is 5.71. The number of likely N-dealkylation sites (tertiary alicyclic amines) is 1. The zero-order valence-electron chi connectivity index (χ0n) is 11.9. The van der Waals surface area contributed by atoms with Crippen molar-refractivity contribution in [1.82, 2.24) is 4.90 Å². The van der Waals surface area contributed by atoms with E-state index in [1.807, 2.05) is 42.2 Å². The first-order chi connectivity index (χ1) is 10.0. The van der Waals surface area contributed by atoms with Crippen molar-refractivity contribution < 1.29 is 15.0 Å². The lowest BCUT2D eigenvalue weighted by atomic mass is 9.85. The van der Waals surface area contributed by atoms with E-state index in [0.717, 1.165) is 12.0 Å². The normalized spacial score (nSPS) is 37.4. The van der Waals surface area contributed by atoms with Gasteiger partial charge in [-0.1, -0.05) is 46.3 Å². The number of carboxylic acids is 1. The fourth-order valence-corrected chi connectivity index (χ4v) is 5.15. The van der Waals surface area contributed by atoms with Crippen LogP contribution in [-0.2, 0) is 4.79 Å². The van der Waals surface area contributed by atoms with Gasteiger partial charge in [-0.2, -0.15) is 0 Å². The van der Waals surface area contributed by atoms with Crippen molar-refractivity contribution in [3.63, 3.8) is 0 Å². The molecule has 114 valence electrons. The van der Waals surface area contributed by atoms with Crippen molar-refractivity contribution >= 4 is 21.9 Å². The van der Waals surface area contributed by atoms with E-state index in [4.69, 9.17) is 0 Å². The van der Waals surface area contributed by atoms with Gasteiger partial charge in [0.2, 0.25) is 0 Å². The molecule has 0 radical (unpaired) electrons. The highest BCUT2D eigenvalue weighted by molar-refractivity contribution is 9.09. The molecule has 1 aromatic rings. The van der Waals surface area contributed by atoms with Gasteiger partial charge < -0.3 is 10.2 Å². The smallest absolute Gasteiger partial charge is 0.321 e. The van der Waals surface area contributed by atoms with Gasteiger partial charge in [0.15, 0.2) is 0 Å². The summed E-state index contributed by atoms with van der Waals surface area (Å²) in [5.41, 5.74) is 1.09. The van der Waals surface area contributed by atoms with Crippen LogP contribution in [0.15, 0.2) is 30.3 Å². The average Bonchev–Trinajstić information content (AvgIpc) is 2.67. The zero-order valence-corrected chi connectivity index (χ0v) is 13.5. The molecule has 0 spiro atoms. The molecule has 2 fully saturated rings. The van der Waals surface area contributed by atoms with Gasteiger partial charge in [0.25, 0.3) is 0 Å². The van der Waals surface area contributed by atoms with Crippen LogP contribution in [0, 0.1) is 5.92 Å². The van der Waals surface area contributed by atoms with E-state index in [-0.39, 0.29) is 22.8 Å². The van der Waals surface area contributed by atoms with E-state index in [1.54, 1.807) is 0 Å². The maximum absolute atomic E-state index is 11.8. The van der Waals surface area contributed by atoms with Crippen LogP contribution in [-0.4, -0.2) is 44.1 Å². The third-order valence-electron chi connectivity index (χ3n) is 4.98. The number of hydrogen-bond acceptors (Lipinski definition) is 3. The van der Waals surface area contributed by atoms with Crippen LogP contribution >= 0.6 is 15.9 Å². The maximum Gasteiger partial charge on any atom is 0.321 e. The molecule has 1 saturated carbocycles. The molecule has 1 aliphatic carbocycles. The second-order valence-electron chi connectivity index (χ2n) is 6.06. The number of aliphatic hydroxyl groups is 1. The molecule has 0 unspecified atom stereocenters. The summed E-state index contributed by atoms with van der Waals surface area (Å²) >= 11 is 3.65. The Morgan fingerprint density at radius 3 is 2.62 bits per heavy atom. The van der Waals surface area contributed by atoms with Crippen molar-refractivity contribution in [3.8, 4) is 0 Å². The minimum atomic E-state index is -0.788. The summed E-state index contributed by atoms with van der Waals surface area (Å²) in [6.45, 7) is 2.03. The Morgan fingerprint density at radius 1 is 1.33 bits per heavy atom. The number of nitrogens with zero attached hydrogens (tertiary/aromatic N) is 1. The molecule has 1 aliphatic heterocycles. The fourth-order valence-electron chi connectivity index (χ4n) is 3.97. The summed E-state index contributed by atoms with van der Waals surface area (Å²) in [5.74, 6) is -0.731. The van der Waals surface area contributed by atoms with Gasteiger partial charge in [-0.3, -0.25) is 9.69 Å². The number of halogens is 1. The molecule has 2 N–H and O–H groups in total. The molecule has 0 amide bonds. The molecular weight excluding hydrogens is 334 g/mol. The van der Waals surface area contributed by atoms with Gasteiger partial charge in [0, 0.05) is 16.9 Å². The summed E-state index contributed by atoms with van der Waals surface area (Å²) in [5, 5.41) is 20.1. The largest absolute Gasteiger partial charge is 0.480 e. The monoisotopic (exact) mass is 353 g/mol. The Kier molecular flexibility index (Phi) is 4.08. The van der Waals surface area contributed by atoms with Crippen molar-refractivity contribution in [2.75, 3.05) is 0 Å². The van der Waals surface area contributed by atoms with Gasteiger partial charge >= 0.3 is 5.97 Å². The van der Waals surface area contributed by atoms with Crippen molar-refractivity contribution in [2.24, 2.45) is 5.92 Å². The summed E-state index contributed by atoms with van der Waals surface area (Å²) in [6.07, 6.45) is 0.961. The predicted molar refractivity (Wildman–Crippen MR) is 83.4 cm³/mol. The van der Waals surface area contributed by atoms with E-state index in [1.165, 1.54) is 0 Å². The number of aliphatic carboxylic acids is 1. The molecule has 1 aromatic carbocycles. The second-order valence-corrected chi connectivity index (χ2v) is 7.12. The Balaban J connectivity index is 1.99. The van der Waals surface area contributed by atoms with Gasteiger partial charge in [0.05, 0.1) is 6.10 Å². The van der Waals surface area contributed by atoms with Gasteiger partial charge in [-0.05, 0) is 31.2 Å². The highest BCUT2D eigenvalue weighted by Gasteiger charge is 2.57. The van der Waals surface area contributed by atoms with Crippen LogP contribution in [0.4, 0.5) is 0 Å². The lowest BCUT2D eigenvalue weighted by molar-refractivity contribution is -0.145. The highest BCUT2D eigenvalue weighted by atomic mass is 79.9. The number of fused-ring (bicyclic) bond motifs is 2. The van der Waals surface area contributed by atoms with Crippen molar-refractivity contribution in [1.29, 1.82) is 0 Å². The Hall–Kier alpha value is -0.910. The quantitative estimate of drug-likeness (QED) is 0.819. The number of carbonyl (C=O) groups is 1. The van der Waals surface area contributed by atoms with E-state index in [2.05, 4.69) is 15.9 Å². The van der Waals surface area contributed by atoms with E-state index in [0.29, 0.717) is 6.42 Å². The lowest BCUT2D eigenvalue weighted by Crippen LogP contribution is -2.48. The Morgan fingerprint density at radius 2 is 2.00 bits per heavy atom.